The van der Waals surface area contributed by atoms with Crippen LogP contribution in [0.5, 0.6) is 17.2 Å². The fraction of sp³-hybridized carbons (Fsp3) is 0.276. The fourth-order valence-corrected chi connectivity index (χ4v) is 4.74. The molecule has 1 aliphatic rings. The first kappa shape index (κ1) is 25.6. The van der Waals surface area contributed by atoms with Gasteiger partial charge in [0.2, 0.25) is 6.79 Å². The highest BCUT2D eigenvalue weighted by molar-refractivity contribution is 6.31. The minimum absolute atomic E-state index is 0.126. The van der Waals surface area contributed by atoms with Crippen molar-refractivity contribution in [3.8, 4) is 22.9 Å². The van der Waals surface area contributed by atoms with Crippen molar-refractivity contribution in [2.75, 3.05) is 20.4 Å². The maximum atomic E-state index is 13.9. The summed E-state index contributed by atoms with van der Waals surface area (Å²) in [5.41, 5.74) is 1.32. The van der Waals surface area contributed by atoms with Gasteiger partial charge in [-0.3, -0.25) is 14.2 Å². The second-order valence-corrected chi connectivity index (χ2v) is 9.50. The van der Waals surface area contributed by atoms with Gasteiger partial charge in [-0.15, -0.1) is 0 Å². The second-order valence-electron chi connectivity index (χ2n) is 9.07. The number of benzene rings is 3. The van der Waals surface area contributed by atoms with E-state index in [-0.39, 0.29) is 18.3 Å². The van der Waals surface area contributed by atoms with Gasteiger partial charge >= 0.3 is 0 Å². The minimum atomic E-state index is -0.544. The number of carbonyl (C=O) groups excluding carboxylic acids is 1. The largest absolute Gasteiger partial charge is 0.497 e. The Hall–Kier alpha value is -4.04. The number of halogens is 1. The lowest BCUT2D eigenvalue weighted by molar-refractivity contribution is 0.0677. The fourth-order valence-electron chi connectivity index (χ4n) is 4.57. The predicted molar refractivity (Wildman–Crippen MR) is 146 cm³/mol. The molecule has 3 aromatic carbocycles. The number of nitrogens with zero attached hydrogens (tertiary/aromatic N) is 3. The Morgan fingerprint density at radius 1 is 1.11 bits per heavy atom. The van der Waals surface area contributed by atoms with Crippen molar-refractivity contribution in [2.45, 2.75) is 32.7 Å². The van der Waals surface area contributed by atoms with Gasteiger partial charge < -0.3 is 19.1 Å². The van der Waals surface area contributed by atoms with Crippen molar-refractivity contribution < 1.29 is 19.0 Å². The molecular weight excluding hydrogens is 506 g/mol. The third-order valence-corrected chi connectivity index (χ3v) is 6.90. The zero-order valence-electron chi connectivity index (χ0n) is 21.4. The van der Waals surface area contributed by atoms with Gasteiger partial charge in [0.1, 0.15) is 11.6 Å². The third-order valence-electron chi connectivity index (χ3n) is 6.66. The number of hydrogen-bond acceptors (Lipinski definition) is 6. The standard InChI is InChI=1S/C29H28ClN3O5/c1-4-5-14-32(28(34)19-6-13-25-26(15-19)38-17-37-25)18(2)27-31-24-16-20(30)7-12-23(24)29(35)33(27)21-8-10-22(36-3)11-9-21/h6-13,15-16,18H,4-5,14,17H2,1-3H3. The molecule has 0 bridgehead atoms. The first-order valence-corrected chi connectivity index (χ1v) is 12.9. The van der Waals surface area contributed by atoms with Gasteiger partial charge in [0.05, 0.1) is 29.7 Å². The van der Waals surface area contributed by atoms with Gasteiger partial charge in [0.25, 0.3) is 11.5 Å². The maximum absolute atomic E-state index is 13.9. The Morgan fingerprint density at radius 3 is 2.61 bits per heavy atom. The Kier molecular flexibility index (Phi) is 7.24. The van der Waals surface area contributed by atoms with Crippen molar-refractivity contribution >= 4 is 28.4 Å². The molecule has 5 rings (SSSR count). The Morgan fingerprint density at radius 2 is 1.87 bits per heavy atom. The minimum Gasteiger partial charge on any atom is -0.497 e. The second kappa shape index (κ2) is 10.8. The zero-order valence-corrected chi connectivity index (χ0v) is 22.2. The molecule has 0 radical (unpaired) electrons. The van der Waals surface area contributed by atoms with Crippen LogP contribution in [0.4, 0.5) is 0 Å². The first-order valence-electron chi connectivity index (χ1n) is 12.5. The quantitative estimate of drug-likeness (QED) is 0.285. The van der Waals surface area contributed by atoms with Crippen LogP contribution in [-0.4, -0.2) is 40.8 Å². The molecule has 196 valence electrons. The van der Waals surface area contributed by atoms with Crippen LogP contribution in [-0.2, 0) is 0 Å². The molecule has 1 atom stereocenters. The van der Waals surface area contributed by atoms with Crippen molar-refractivity contribution in [2.24, 2.45) is 0 Å². The molecule has 1 aliphatic heterocycles. The van der Waals surface area contributed by atoms with Gasteiger partial charge in [-0.2, -0.15) is 0 Å². The average molecular weight is 534 g/mol. The summed E-state index contributed by atoms with van der Waals surface area (Å²) in [7, 11) is 1.59. The van der Waals surface area contributed by atoms with Crippen LogP contribution >= 0.6 is 11.6 Å². The van der Waals surface area contributed by atoms with Crippen LogP contribution in [0.1, 0.15) is 48.9 Å². The van der Waals surface area contributed by atoms with Crippen LogP contribution in [0.25, 0.3) is 16.6 Å². The molecule has 0 spiro atoms. The number of ether oxygens (including phenoxy) is 3. The summed E-state index contributed by atoms with van der Waals surface area (Å²) in [4.78, 5) is 34.4. The summed E-state index contributed by atoms with van der Waals surface area (Å²) in [5, 5.41) is 0.910. The molecule has 1 aromatic heterocycles. The monoisotopic (exact) mass is 533 g/mol. The summed E-state index contributed by atoms with van der Waals surface area (Å²) < 4.78 is 17.8. The van der Waals surface area contributed by atoms with Crippen LogP contribution < -0.4 is 19.8 Å². The molecule has 9 heteroatoms. The highest BCUT2D eigenvalue weighted by Gasteiger charge is 2.28. The van der Waals surface area contributed by atoms with Gasteiger partial charge in [-0.25, -0.2) is 4.98 Å². The highest BCUT2D eigenvalue weighted by atomic mass is 35.5. The molecule has 0 fully saturated rings. The SMILES string of the molecule is CCCCN(C(=O)c1ccc2c(c1)OCO2)C(C)c1nc2cc(Cl)ccc2c(=O)n1-c1ccc(OC)cc1. The van der Waals surface area contributed by atoms with E-state index < -0.39 is 6.04 Å². The number of amides is 1. The Balaban J connectivity index is 1.65. The normalized spacial score (nSPS) is 12.9. The van der Waals surface area contributed by atoms with E-state index in [1.807, 2.05) is 6.92 Å². The average Bonchev–Trinajstić information content (AvgIpc) is 3.41. The summed E-state index contributed by atoms with van der Waals surface area (Å²) in [6.07, 6.45) is 1.68. The number of carbonyl (C=O) groups is 1. The van der Waals surface area contributed by atoms with Gasteiger partial charge in [-0.1, -0.05) is 24.9 Å². The van der Waals surface area contributed by atoms with Crippen LogP contribution in [0.15, 0.2) is 65.5 Å². The summed E-state index contributed by atoms with van der Waals surface area (Å²) in [5.74, 6) is 2.05. The number of methoxy groups -OCH3 is 1. The van der Waals surface area contributed by atoms with Gasteiger partial charge in [0.15, 0.2) is 11.5 Å². The van der Waals surface area contributed by atoms with E-state index in [0.717, 1.165) is 12.8 Å². The van der Waals surface area contributed by atoms with E-state index >= 15 is 0 Å². The lowest BCUT2D eigenvalue weighted by Crippen LogP contribution is -2.38. The maximum Gasteiger partial charge on any atom is 0.266 e. The van der Waals surface area contributed by atoms with Crippen molar-refractivity contribution in [3.63, 3.8) is 0 Å². The number of rotatable bonds is 8. The molecular formula is C29H28ClN3O5. The topological polar surface area (TPSA) is 82.9 Å². The molecule has 2 heterocycles. The Labute approximate surface area is 225 Å². The predicted octanol–water partition coefficient (Wildman–Crippen LogP) is 5.78. The zero-order chi connectivity index (χ0) is 26.8. The number of aromatic nitrogens is 2. The van der Waals surface area contributed by atoms with E-state index in [1.165, 1.54) is 0 Å². The van der Waals surface area contributed by atoms with Crippen LogP contribution in [0.3, 0.4) is 0 Å². The Bertz CT molecular complexity index is 1550. The van der Waals surface area contributed by atoms with E-state index in [2.05, 4.69) is 6.92 Å². The molecule has 0 aliphatic carbocycles. The summed E-state index contributed by atoms with van der Waals surface area (Å²) >= 11 is 6.25. The van der Waals surface area contributed by atoms with E-state index in [0.29, 0.717) is 56.8 Å². The molecule has 1 amide bonds. The smallest absolute Gasteiger partial charge is 0.266 e. The molecule has 8 nitrogen and oxygen atoms in total. The van der Waals surface area contributed by atoms with Crippen LogP contribution in [0, 0.1) is 0 Å². The van der Waals surface area contributed by atoms with Crippen molar-refractivity contribution in [3.05, 3.63) is 87.4 Å². The van der Waals surface area contributed by atoms with Crippen molar-refractivity contribution in [1.82, 2.24) is 14.5 Å². The highest BCUT2D eigenvalue weighted by Crippen LogP contribution is 2.34. The lowest BCUT2D eigenvalue weighted by atomic mass is 10.1. The molecule has 38 heavy (non-hydrogen) atoms. The van der Waals surface area contributed by atoms with E-state index in [4.69, 9.17) is 30.8 Å². The molecule has 0 saturated carbocycles. The number of unbranched alkanes of at least 4 members (excludes halogenated alkanes) is 1. The van der Waals surface area contributed by atoms with Gasteiger partial charge in [0, 0.05) is 17.1 Å². The third kappa shape index (κ3) is 4.79. The molecule has 0 N–H and O–H groups in total. The molecule has 0 saturated heterocycles. The summed E-state index contributed by atoms with van der Waals surface area (Å²) in [6, 6.07) is 16.8. The first-order chi connectivity index (χ1) is 18.4. The summed E-state index contributed by atoms with van der Waals surface area (Å²) in [6.45, 7) is 4.56. The number of fused-ring (bicyclic) bond motifs is 2. The molecule has 1 unspecified atom stereocenters. The van der Waals surface area contributed by atoms with E-state index in [1.54, 1.807) is 77.2 Å². The molecule has 4 aromatic rings. The lowest BCUT2D eigenvalue weighted by Gasteiger charge is -2.31. The van der Waals surface area contributed by atoms with Crippen LogP contribution in [0.2, 0.25) is 5.02 Å². The number of hydrogen-bond donors (Lipinski definition) is 0. The van der Waals surface area contributed by atoms with Gasteiger partial charge in [-0.05, 0) is 74.0 Å². The van der Waals surface area contributed by atoms with E-state index in [9.17, 15) is 9.59 Å². The van der Waals surface area contributed by atoms with Crippen molar-refractivity contribution in [1.29, 1.82) is 0 Å².